The monoisotopic (exact) mass is 1430 g/mol. The molecule has 37 atom stereocenters. The van der Waals surface area contributed by atoms with Gasteiger partial charge in [-0.3, -0.25) is 19.2 Å². The normalized spacial score (nSPS) is 50.7. The average Bonchev–Trinajstić information content (AvgIpc) is 0.669. The molecule has 5 heterocycles. The van der Waals surface area contributed by atoms with Crippen molar-refractivity contribution in [3.05, 3.63) is 11.6 Å². The number of allylic oxidation sites excluding steroid dienone is 2. The van der Waals surface area contributed by atoms with Crippen molar-refractivity contribution in [1.82, 2.24) is 0 Å². The Morgan fingerprint density at radius 1 is 0.550 bits per heavy atom. The van der Waals surface area contributed by atoms with Crippen molar-refractivity contribution in [2.75, 3.05) is 13.2 Å². The lowest BCUT2D eigenvalue weighted by Crippen LogP contribution is -2.70. The van der Waals surface area contributed by atoms with Crippen LogP contribution in [0.3, 0.4) is 0 Å². The molecule has 0 bridgehead atoms. The highest BCUT2D eigenvalue weighted by atomic mass is 16.8. The van der Waals surface area contributed by atoms with E-state index in [0.717, 1.165) is 12.5 Å². The highest BCUT2D eigenvalue weighted by Gasteiger charge is 2.73. The second kappa shape index (κ2) is 29.8. The second-order valence-corrected chi connectivity index (χ2v) is 32.3. The van der Waals surface area contributed by atoms with Gasteiger partial charge in [-0.1, -0.05) is 53.2 Å². The minimum atomic E-state index is -2.02. The Morgan fingerprint density at radius 2 is 1.12 bits per heavy atom. The number of rotatable bonds is 18. The van der Waals surface area contributed by atoms with Gasteiger partial charge in [-0.05, 0) is 132 Å². The molecule has 572 valence electrons. The summed E-state index contributed by atoms with van der Waals surface area (Å²) in [6.45, 7) is 21.0. The number of ether oxygens (including phenoxy) is 13. The molecule has 0 aromatic rings. The van der Waals surface area contributed by atoms with Crippen molar-refractivity contribution < 1.29 is 152 Å². The van der Waals surface area contributed by atoms with Gasteiger partial charge >= 0.3 is 23.9 Å². The Bertz CT molecular complexity index is 2920. The van der Waals surface area contributed by atoms with Crippen LogP contribution in [0.4, 0.5) is 0 Å². The van der Waals surface area contributed by atoms with Crippen molar-refractivity contribution >= 4 is 23.9 Å². The van der Waals surface area contributed by atoms with Crippen molar-refractivity contribution in [3.8, 4) is 0 Å². The molecule has 10 rings (SSSR count). The highest BCUT2D eigenvalue weighted by Crippen LogP contribution is 2.76. The summed E-state index contributed by atoms with van der Waals surface area (Å²) in [5.74, 6) is -4.85. The Hall–Kier alpha value is -3.30. The van der Waals surface area contributed by atoms with Crippen molar-refractivity contribution in [3.63, 3.8) is 0 Å². The van der Waals surface area contributed by atoms with Crippen LogP contribution in [0, 0.1) is 50.2 Å². The summed E-state index contributed by atoms with van der Waals surface area (Å²) in [4.78, 5) is 55.3. The average molecular weight is 1440 g/mol. The Morgan fingerprint density at radius 3 is 1.73 bits per heavy atom. The SMILES string of the molecule is CC(=O)OC1C(OC2C(OC(=O)C34CCC(C)(C)CC3C3=CCC5C6(C)CC(O)C(OC7OC(C)C(O)C(O)C7O)C(C)(CO)C6CCC5(C)C3(C)CC4O)OC(C)C(OC(=O)CC(C)OC(=O)CC(C)O)C2O)OC(C)C(OC2OCC(O)C(OC3OC(C)C(O)C(O)C3O)C2O)C1O. The molecule has 5 aliphatic heterocycles. The molecule has 31 heteroatoms. The van der Waals surface area contributed by atoms with E-state index >= 15 is 4.79 Å². The third kappa shape index (κ3) is 14.4. The number of esters is 4. The van der Waals surface area contributed by atoms with Crippen molar-refractivity contribution in [2.45, 2.75) is 332 Å². The fourth-order valence-corrected chi connectivity index (χ4v) is 19.2. The van der Waals surface area contributed by atoms with E-state index in [1.807, 2.05) is 6.92 Å². The maximum absolute atomic E-state index is 16.0. The zero-order chi connectivity index (χ0) is 73.7. The van der Waals surface area contributed by atoms with Crippen LogP contribution in [0.15, 0.2) is 11.6 Å². The minimum Gasteiger partial charge on any atom is -0.462 e. The third-order valence-corrected chi connectivity index (χ3v) is 24.9. The van der Waals surface area contributed by atoms with E-state index in [-0.39, 0.29) is 37.5 Å². The predicted molar refractivity (Wildman–Crippen MR) is 338 cm³/mol. The Kier molecular flexibility index (Phi) is 23.6. The molecule has 0 amide bonds. The first-order chi connectivity index (χ1) is 46.6. The van der Waals surface area contributed by atoms with E-state index in [0.29, 0.717) is 32.1 Å². The van der Waals surface area contributed by atoms with Gasteiger partial charge in [0.1, 0.15) is 84.8 Å². The summed E-state index contributed by atoms with van der Waals surface area (Å²) in [5, 5.41) is 158. The van der Waals surface area contributed by atoms with Crippen LogP contribution >= 0.6 is 0 Å². The molecular formula is C69H110O31. The number of carbonyl (C=O) groups is 4. The van der Waals surface area contributed by atoms with Crippen molar-refractivity contribution in [2.24, 2.45) is 50.2 Å². The van der Waals surface area contributed by atoms with Crippen molar-refractivity contribution in [1.29, 1.82) is 0 Å². The van der Waals surface area contributed by atoms with Crippen LogP contribution in [0.1, 0.15) is 154 Å². The molecule has 4 saturated carbocycles. The van der Waals surface area contributed by atoms with Gasteiger partial charge in [0, 0.05) is 12.3 Å². The molecule has 100 heavy (non-hydrogen) atoms. The van der Waals surface area contributed by atoms with Crippen LogP contribution in [0.2, 0.25) is 0 Å². The van der Waals surface area contributed by atoms with E-state index in [9.17, 15) is 85.9 Å². The first-order valence-electron chi connectivity index (χ1n) is 35.4. The molecule has 5 aliphatic carbocycles. The summed E-state index contributed by atoms with van der Waals surface area (Å²) in [6.07, 6.45) is -41.0. The number of aliphatic hydroxyl groups is 14. The van der Waals surface area contributed by atoms with Crippen LogP contribution in [-0.4, -0.2) is 287 Å². The van der Waals surface area contributed by atoms with Crippen LogP contribution in [-0.2, 0) is 80.8 Å². The molecule has 37 unspecified atom stereocenters. The summed E-state index contributed by atoms with van der Waals surface area (Å²) in [7, 11) is 0. The standard InChI is InChI=1S/C69H110O31/c1-27(71)20-41(76)89-28(2)21-42(77)95-52-31(5)93-62(56(49(52)84)98-61-55(94-33(7)72)50(85)53(32(6)92-61)96-58-51(86)54(37(74)25-88-58)97-59-47(82)45(80)43(78)29(3)90-59)100-63(87)69-19-18-64(8,9)22-35(69)34-14-15-39-65(10)23-36(73)57(99-60-48(83)46(81)44(79)30(4)91-60)66(11,26-70)38(65)16-17-67(39,12)68(34,13)24-40(69)75/h14,27-32,35-40,43-62,70-71,73-75,78-86H,15-26H2,1-13H3. The maximum Gasteiger partial charge on any atom is 0.317 e. The zero-order valence-electron chi connectivity index (χ0n) is 59.2. The Balaban J connectivity index is 0.932. The summed E-state index contributed by atoms with van der Waals surface area (Å²) >= 11 is 0. The molecule has 31 nitrogen and oxygen atoms in total. The first kappa shape index (κ1) is 79.3. The van der Waals surface area contributed by atoms with Crippen LogP contribution < -0.4 is 0 Å². The van der Waals surface area contributed by atoms with Gasteiger partial charge < -0.3 is 133 Å². The largest absolute Gasteiger partial charge is 0.462 e. The van der Waals surface area contributed by atoms with E-state index in [4.69, 9.17) is 61.6 Å². The van der Waals surface area contributed by atoms with E-state index in [1.165, 1.54) is 41.5 Å². The van der Waals surface area contributed by atoms with Gasteiger partial charge in [-0.25, -0.2) is 0 Å². The zero-order valence-corrected chi connectivity index (χ0v) is 59.2. The lowest BCUT2D eigenvalue weighted by molar-refractivity contribution is -0.380. The second-order valence-electron chi connectivity index (χ2n) is 32.3. The lowest BCUT2D eigenvalue weighted by atomic mass is 9.33. The van der Waals surface area contributed by atoms with Gasteiger partial charge in [0.2, 0.25) is 6.29 Å². The lowest BCUT2D eigenvalue weighted by Gasteiger charge is -2.72. The number of hydrogen-bond acceptors (Lipinski definition) is 31. The third-order valence-electron chi connectivity index (χ3n) is 24.9. The van der Waals surface area contributed by atoms with E-state index in [2.05, 4.69) is 40.7 Å². The summed E-state index contributed by atoms with van der Waals surface area (Å²) in [5.41, 5.74) is -4.37. The number of aliphatic hydroxyl groups excluding tert-OH is 14. The molecule has 5 saturated heterocycles. The molecule has 14 N–H and O–H groups in total. The summed E-state index contributed by atoms with van der Waals surface area (Å²) < 4.78 is 78.0. The minimum absolute atomic E-state index is 0.0609. The first-order valence-corrected chi connectivity index (χ1v) is 35.4. The van der Waals surface area contributed by atoms with E-state index in [1.54, 1.807) is 0 Å². The Labute approximate surface area is 581 Å². The van der Waals surface area contributed by atoms with Gasteiger partial charge in [0.25, 0.3) is 0 Å². The highest BCUT2D eigenvalue weighted by molar-refractivity contribution is 5.80. The van der Waals surface area contributed by atoms with E-state index < -0.39 is 260 Å². The van der Waals surface area contributed by atoms with Crippen LogP contribution in [0.25, 0.3) is 0 Å². The van der Waals surface area contributed by atoms with Gasteiger partial charge in [0.15, 0.2) is 43.5 Å². The molecule has 0 aromatic carbocycles. The number of carbonyl (C=O) groups excluding carboxylic acids is 4. The fourth-order valence-electron chi connectivity index (χ4n) is 19.2. The predicted octanol–water partition coefficient (Wildman–Crippen LogP) is -1.33. The van der Waals surface area contributed by atoms with Gasteiger partial charge in [0.05, 0.1) is 74.9 Å². The molecular weight excluding hydrogens is 1320 g/mol. The smallest absolute Gasteiger partial charge is 0.317 e. The van der Waals surface area contributed by atoms with Gasteiger partial charge in [-0.15, -0.1) is 0 Å². The molecule has 10 aliphatic rings. The topological polar surface area (TPSA) is 471 Å². The quantitative estimate of drug-likeness (QED) is 0.0327. The summed E-state index contributed by atoms with van der Waals surface area (Å²) in [6, 6.07) is 0. The molecule has 0 radical (unpaired) electrons. The fraction of sp³-hybridized carbons (Fsp3) is 0.913. The molecule has 0 aromatic heterocycles. The van der Waals surface area contributed by atoms with Crippen LogP contribution in [0.5, 0.6) is 0 Å². The maximum atomic E-state index is 16.0. The molecule has 0 spiro atoms. The molecule has 9 fully saturated rings. The number of fused-ring (bicyclic) bond motifs is 7. The van der Waals surface area contributed by atoms with Gasteiger partial charge in [-0.2, -0.15) is 0 Å². The number of hydrogen-bond donors (Lipinski definition) is 14.